The lowest BCUT2D eigenvalue weighted by Crippen LogP contribution is -2.38. The van der Waals surface area contributed by atoms with Crippen molar-refractivity contribution in [1.82, 2.24) is 10.2 Å². The van der Waals surface area contributed by atoms with Crippen molar-refractivity contribution in [3.63, 3.8) is 0 Å². The second kappa shape index (κ2) is 8.53. The Bertz CT molecular complexity index is 489. The summed E-state index contributed by atoms with van der Waals surface area (Å²) in [7, 11) is 0. The highest BCUT2D eigenvalue weighted by Gasteiger charge is 2.07. The number of carbonyl (C=O) groups is 2. The Kier molecular flexibility index (Phi) is 7.01. The molecular weight excluding hydrogens is 320 g/mol. The highest BCUT2D eigenvalue weighted by molar-refractivity contribution is 9.10. The molecule has 0 heterocycles. The average molecular weight is 339 g/mol. The number of rotatable bonds is 7. The summed E-state index contributed by atoms with van der Waals surface area (Å²) < 4.78 is 0.955. The second-order valence-corrected chi connectivity index (χ2v) is 5.33. The molecule has 1 aromatic carbocycles. The van der Waals surface area contributed by atoms with Crippen LogP contribution in [0.15, 0.2) is 41.4 Å². The Morgan fingerprint density at radius 1 is 1.45 bits per heavy atom. The zero-order valence-electron chi connectivity index (χ0n) is 11.6. The average Bonchev–Trinajstić information content (AvgIpc) is 2.37. The molecule has 108 valence electrons. The molecule has 4 nitrogen and oxygen atoms in total. The van der Waals surface area contributed by atoms with E-state index in [1.807, 2.05) is 24.3 Å². The first kappa shape index (κ1) is 16.4. The second-order valence-electron chi connectivity index (χ2n) is 4.41. The number of hydrogen-bond acceptors (Lipinski definition) is 2. The fourth-order valence-corrected chi connectivity index (χ4v) is 2.20. The number of amides is 2. The van der Waals surface area contributed by atoms with E-state index in [-0.39, 0.29) is 11.8 Å². The van der Waals surface area contributed by atoms with E-state index in [1.165, 1.54) is 6.92 Å². The minimum atomic E-state index is -0.0507. The number of nitrogens with zero attached hydrogens (tertiary/aromatic N) is 1. The first-order valence-electron chi connectivity index (χ1n) is 6.40. The van der Waals surface area contributed by atoms with Gasteiger partial charge in [-0.05, 0) is 17.7 Å². The van der Waals surface area contributed by atoms with Crippen molar-refractivity contribution in [2.24, 2.45) is 0 Å². The van der Waals surface area contributed by atoms with Crippen molar-refractivity contribution < 1.29 is 9.59 Å². The molecule has 0 fully saturated rings. The SMILES string of the molecule is C=CCN(CCNC(=O)Cc1cccc(Br)c1)C(C)=O. The Balaban J connectivity index is 2.36. The first-order chi connectivity index (χ1) is 9.52. The molecule has 0 unspecified atom stereocenters. The van der Waals surface area contributed by atoms with Gasteiger partial charge in [0.15, 0.2) is 0 Å². The summed E-state index contributed by atoms with van der Waals surface area (Å²) in [5.41, 5.74) is 0.950. The van der Waals surface area contributed by atoms with Gasteiger partial charge in [0.25, 0.3) is 0 Å². The van der Waals surface area contributed by atoms with Crippen LogP contribution in [0, 0.1) is 0 Å². The third kappa shape index (κ3) is 6.02. The van der Waals surface area contributed by atoms with Crippen LogP contribution in [-0.2, 0) is 16.0 Å². The standard InChI is InChI=1S/C15H19BrN2O2/c1-3-8-18(12(2)19)9-7-17-15(20)11-13-5-4-6-14(16)10-13/h3-6,10H,1,7-9,11H2,2H3,(H,17,20). The summed E-state index contributed by atoms with van der Waals surface area (Å²) in [5.74, 6) is -0.0728. The van der Waals surface area contributed by atoms with E-state index in [0.29, 0.717) is 26.1 Å². The van der Waals surface area contributed by atoms with Crippen LogP contribution in [0.4, 0.5) is 0 Å². The van der Waals surface area contributed by atoms with E-state index in [4.69, 9.17) is 0 Å². The van der Waals surface area contributed by atoms with Crippen LogP contribution < -0.4 is 5.32 Å². The maximum atomic E-state index is 11.8. The molecule has 0 spiro atoms. The monoisotopic (exact) mass is 338 g/mol. The van der Waals surface area contributed by atoms with Crippen LogP contribution in [0.2, 0.25) is 0 Å². The largest absolute Gasteiger partial charge is 0.354 e. The van der Waals surface area contributed by atoms with Crippen LogP contribution in [0.1, 0.15) is 12.5 Å². The Hall–Kier alpha value is -1.62. The highest BCUT2D eigenvalue weighted by Crippen LogP contribution is 2.11. The number of nitrogens with one attached hydrogen (secondary N) is 1. The summed E-state index contributed by atoms with van der Waals surface area (Å²) in [6.45, 7) is 6.54. The van der Waals surface area contributed by atoms with E-state index in [2.05, 4.69) is 27.8 Å². The van der Waals surface area contributed by atoms with E-state index in [0.717, 1.165) is 10.0 Å². The lowest BCUT2D eigenvalue weighted by molar-refractivity contribution is -0.129. The summed E-state index contributed by atoms with van der Waals surface area (Å²) in [6, 6.07) is 7.64. The third-order valence-corrected chi connectivity index (χ3v) is 3.25. The van der Waals surface area contributed by atoms with Gasteiger partial charge in [-0.1, -0.05) is 34.1 Å². The molecule has 0 aliphatic rings. The van der Waals surface area contributed by atoms with Gasteiger partial charge in [-0.15, -0.1) is 6.58 Å². The summed E-state index contributed by atoms with van der Waals surface area (Å²) in [5, 5.41) is 2.81. The first-order valence-corrected chi connectivity index (χ1v) is 7.19. The van der Waals surface area contributed by atoms with Gasteiger partial charge >= 0.3 is 0 Å². The molecule has 1 rings (SSSR count). The van der Waals surface area contributed by atoms with E-state index in [9.17, 15) is 9.59 Å². The predicted octanol–water partition coefficient (Wildman–Crippen LogP) is 2.14. The predicted molar refractivity (Wildman–Crippen MR) is 83.3 cm³/mol. The smallest absolute Gasteiger partial charge is 0.224 e. The van der Waals surface area contributed by atoms with Gasteiger partial charge in [0.2, 0.25) is 11.8 Å². The van der Waals surface area contributed by atoms with Crippen molar-refractivity contribution in [3.05, 3.63) is 47.0 Å². The van der Waals surface area contributed by atoms with Gasteiger partial charge < -0.3 is 10.2 Å². The molecule has 2 amide bonds. The maximum Gasteiger partial charge on any atom is 0.224 e. The Labute approximate surface area is 128 Å². The quantitative estimate of drug-likeness (QED) is 0.774. The molecule has 0 saturated carbocycles. The van der Waals surface area contributed by atoms with E-state index < -0.39 is 0 Å². The molecule has 0 aliphatic carbocycles. The zero-order chi connectivity index (χ0) is 15.0. The molecular formula is C15H19BrN2O2. The third-order valence-electron chi connectivity index (χ3n) is 2.75. The number of halogens is 1. The Morgan fingerprint density at radius 2 is 2.20 bits per heavy atom. The normalized spacial score (nSPS) is 9.90. The molecule has 20 heavy (non-hydrogen) atoms. The fraction of sp³-hybridized carbons (Fsp3) is 0.333. The summed E-state index contributed by atoms with van der Waals surface area (Å²) in [4.78, 5) is 24.7. The highest BCUT2D eigenvalue weighted by atomic mass is 79.9. The topological polar surface area (TPSA) is 49.4 Å². The van der Waals surface area contributed by atoms with Crippen molar-refractivity contribution in [1.29, 1.82) is 0 Å². The zero-order valence-corrected chi connectivity index (χ0v) is 13.1. The van der Waals surface area contributed by atoms with Crippen LogP contribution >= 0.6 is 15.9 Å². The number of hydrogen-bond donors (Lipinski definition) is 1. The summed E-state index contributed by atoms with van der Waals surface area (Å²) in [6.07, 6.45) is 2.01. The molecule has 0 bridgehead atoms. The van der Waals surface area contributed by atoms with Gasteiger partial charge in [-0.3, -0.25) is 9.59 Å². The van der Waals surface area contributed by atoms with Gasteiger partial charge in [-0.25, -0.2) is 0 Å². The van der Waals surface area contributed by atoms with Crippen molar-refractivity contribution >= 4 is 27.7 Å². The lowest BCUT2D eigenvalue weighted by atomic mass is 10.1. The van der Waals surface area contributed by atoms with E-state index >= 15 is 0 Å². The number of benzene rings is 1. The van der Waals surface area contributed by atoms with E-state index in [1.54, 1.807) is 11.0 Å². The fourth-order valence-electron chi connectivity index (χ4n) is 1.76. The molecule has 0 aromatic heterocycles. The van der Waals surface area contributed by atoms with Crippen molar-refractivity contribution in [3.8, 4) is 0 Å². The van der Waals surface area contributed by atoms with Gasteiger partial charge in [0.1, 0.15) is 0 Å². The van der Waals surface area contributed by atoms with Crippen LogP contribution in [0.25, 0.3) is 0 Å². The summed E-state index contributed by atoms with van der Waals surface area (Å²) >= 11 is 3.37. The molecule has 1 aromatic rings. The molecule has 0 radical (unpaired) electrons. The number of carbonyl (C=O) groups excluding carboxylic acids is 2. The Morgan fingerprint density at radius 3 is 2.80 bits per heavy atom. The van der Waals surface area contributed by atoms with Gasteiger partial charge in [0.05, 0.1) is 6.42 Å². The minimum Gasteiger partial charge on any atom is -0.354 e. The van der Waals surface area contributed by atoms with Crippen LogP contribution in [0.5, 0.6) is 0 Å². The maximum absolute atomic E-state index is 11.8. The minimum absolute atomic E-state index is 0.0221. The van der Waals surface area contributed by atoms with Crippen LogP contribution in [0.3, 0.4) is 0 Å². The molecule has 5 heteroatoms. The van der Waals surface area contributed by atoms with Gasteiger partial charge in [-0.2, -0.15) is 0 Å². The van der Waals surface area contributed by atoms with Crippen molar-refractivity contribution in [2.75, 3.05) is 19.6 Å². The van der Waals surface area contributed by atoms with Crippen molar-refractivity contribution in [2.45, 2.75) is 13.3 Å². The molecule has 1 N–H and O–H groups in total. The molecule has 0 saturated heterocycles. The lowest BCUT2D eigenvalue weighted by Gasteiger charge is -2.19. The molecule has 0 atom stereocenters. The van der Waals surface area contributed by atoms with Gasteiger partial charge in [0, 0.05) is 31.0 Å². The molecule has 0 aliphatic heterocycles. The van der Waals surface area contributed by atoms with Crippen LogP contribution in [-0.4, -0.2) is 36.3 Å².